The van der Waals surface area contributed by atoms with Crippen LogP contribution < -0.4 is 10.6 Å². The molecule has 22 heavy (non-hydrogen) atoms. The number of carbonyl (C=O) groups is 3. The predicted molar refractivity (Wildman–Crippen MR) is 76.7 cm³/mol. The molecule has 1 unspecified atom stereocenters. The van der Waals surface area contributed by atoms with E-state index in [0.717, 1.165) is 0 Å². The highest BCUT2D eigenvalue weighted by Crippen LogP contribution is 2.09. The van der Waals surface area contributed by atoms with E-state index >= 15 is 0 Å². The predicted octanol–water partition coefficient (Wildman–Crippen LogP) is 1.19. The minimum absolute atomic E-state index is 0.0294. The van der Waals surface area contributed by atoms with Crippen molar-refractivity contribution >= 4 is 17.7 Å². The van der Waals surface area contributed by atoms with Crippen LogP contribution in [0.25, 0.3) is 0 Å². The molecule has 128 valence electrons. The lowest BCUT2D eigenvalue weighted by molar-refractivity contribution is -0.151. The normalized spacial score (nSPS) is 14.2. The zero-order chi connectivity index (χ0) is 17.4. The van der Waals surface area contributed by atoms with Gasteiger partial charge in [0.25, 0.3) is 5.78 Å². The SMILES string of the molecule is CC(C)C[C@H](NC(C)C)C(=O)NC(CC(F)F)C(=O)C(=O)O. The largest absolute Gasteiger partial charge is 0.475 e. The Labute approximate surface area is 128 Å². The fourth-order valence-electron chi connectivity index (χ4n) is 1.96. The number of alkyl halides is 2. The van der Waals surface area contributed by atoms with Crippen molar-refractivity contribution in [1.82, 2.24) is 10.6 Å². The van der Waals surface area contributed by atoms with Gasteiger partial charge in [-0.15, -0.1) is 0 Å². The summed E-state index contributed by atoms with van der Waals surface area (Å²) in [4.78, 5) is 34.3. The topological polar surface area (TPSA) is 95.5 Å². The first-order chi connectivity index (χ1) is 10.0. The summed E-state index contributed by atoms with van der Waals surface area (Å²) in [5, 5.41) is 13.8. The highest BCUT2D eigenvalue weighted by atomic mass is 19.3. The molecule has 0 fully saturated rings. The summed E-state index contributed by atoms with van der Waals surface area (Å²) in [6.07, 6.45) is -3.48. The highest BCUT2D eigenvalue weighted by Gasteiger charge is 2.31. The molecule has 0 aromatic carbocycles. The minimum atomic E-state index is -2.89. The molecular weight excluding hydrogens is 298 g/mol. The van der Waals surface area contributed by atoms with Crippen LogP contribution in [-0.2, 0) is 14.4 Å². The molecular formula is C14H24F2N2O4. The van der Waals surface area contributed by atoms with Crippen molar-refractivity contribution in [3.63, 3.8) is 0 Å². The Morgan fingerprint density at radius 3 is 1.91 bits per heavy atom. The number of hydrogen-bond acceptors (Lipinski definition) is 4. The number of rotatable bonds is 10. The van der Waals surface area contributed by atoms with E-state index in [1.54, 1.807) is 0 Å². The summed E-state index contributed by atoms with van der Waals surface area (Å²) in [7, 11) is 0. The van der Waals surface area contributed by atoms with Crippen molar-refractivity contribution in [2.24, 2.45) is 5.92 Å². The Kier molecular flexibility index (Phi) is 8.77. The summed E-state index contributed by atoms with van der Waals surface area (Å²) in [6, 6.07) is -2.44. The van der Waals surface area contributed by atoms with Crippen LogP contribution in [0.3, 0.4) is 0 Å². The zero-order valence-electron chi connectivity index (χ0n) is 13.2. The molecule has 0 aromatic heterocycles. The van der Waals surface area contributed by atoms with Crippen molar-refractivity contribution < 1.29 is 28.3 Å². The van der Waals surface area contributed by atoms with Gasteiger partial charge in [-0.05, 0) is 12.3 Å². The molecule has 0 bridgehead atoms. The molecule has 0 spiro atoms. The van der Waals surface area contributed by atoms with E-state index in [-0.39, 0.29) is 12.0 Å². The van der Waals surface area contributed by atoms with Crippen LogP contribution in [0.4, 0.5) is 8.78 Å². The Balaban J connectivity index is 5.01. The third-order valence-electron chi connectivity index (χ3n) is 2.82. The summed E-state index contributed by atoms with van der Waals surface area (Å²) in [6.45, 7) is 7.42. The van der Waals surface area contributed by atoms with Gasteiger partial charge in [-0.2, -0.15) is 0 Å². The molecule has 2 atom stereocenters. The highest BCUT2D eigenvalue weighted by molar-refractivity contribution is 6.35. The van der Waals surface area contributed by atoms with E-state index in [4.69, 9.17) is 5.11 Å². The first-order valence-electron chi connectivity index (χ1n) is 7.16. The molecule has 0 saturated heterocycles. The number of hydrogen-bond donors (Lipinski definition) is 3. The van der Waals surface area contributed by atoms with Crippen molar-refractivity contribution in [1.29, 1.82) is 0 Å². The van der Waals surface area contributed by atoms with Gasteiger partial charge in [0.05, 0.1) is 6.04 Å². The number of carbonyl (C=O) groups excluding carboxylic acids is 2. The van der Waals surface area contributed by atoms with Crippen molar-refractivity contribution in [3.8, 4) is 0 Å². The minimum Gasteiger partial charge on any atom is -0.475 e. The monoisotopic (exact) mass is 322 g/mol. The average Bonchev–Trinajstić information content (AvgIpc) is 2.34. The number of aliphatic carboxylic acids is 1. The number of carboxylic acid groups (broad SMARTS) is 1. The van der Waals surface area contributed by atoms with Gasteiger partial charge in [0.2, 0.25) is 12.3 Å². The number of amides is 1. The lowest BCUT2D eigenvalue weighted by atomic mass is 10.0. The van der Waals surface area contributed by atoms with E-state index in [9.17, 15) is 23.2 Å². The molecule has 8 heteroatoms. The molecule has 6 nitrogen and oxygen atoms in total. The Hall–Kier alpha value is -1.57. The molecule has 3 N–H and O–H groups in total. The van der Waals surface area contributed by atoms with Gasteiger partial charge >= 0.3 is 5.97 Å². The first kappa shape index (κ1) is 20.4. The quantitative estimate of drug-likeness (QED) is 0.525. The molecule has 0 saturated carbocycles. The number of Topliss-reactive ketones (excluding diaryl/α,β-unsaturated/α-hetero) is 1. The van der Waals surface area contributed by atoms with Crippen molar-refractivity contribution in [2.45, 2.75) is 65.1 Å². The number of nitrogens with one attached hydrogen (secondary N) is 2. The molecule has 0 aromatic rings. The van der Waals surface area contributed by atoms with Crippen molar-refractivity contribution in [2.75, 3.05) is 0 Å². The van der Waals surface area contributed by atoms with Crippen LogP contribution in [0.15, 0.2) is 0 Å². The van der Waals surface area contributed by atoms with E-state index in [1.165, 1.54) is 0 Å². The van der Waals surface area contributed by atoms with Crippen LogP contribution in [-0.4, -0.2) is 47.3 Å². The Morgan fingerprint density at radius 2 is 1.55 bits per heavy atom. The lowest BCUT2D eigenvalue weighted by Gasteiger charge is -2.24. The van der Waals surface area contributed by atoms with Crippen molar-refractivity contribution in [3.05, 3.63) is 0 Å². The molecule has 0 aliphatic rings. The van der Waals surface area contributed by atoms with E-state index in [2.05, 4.69) is 10.6 Å². The summed E-state index contributed by atoms with van der Waals surface area (Å²) in [5.41, 5.74) is 0. The van der Waals surface area contributed by atoms with E-state index in [0.29, 0.717) is 6.42 Å². The molecule has 1 amide bonds. The fraction of sp³-hybridized carbons (Fsp3) is 0.786. The van der Waals surface area contributed by atoms with E-state index in [1.807, 2.05) is 27.7 Å². The maximum Gasteiger partial charge on any atom is 0.374 e. The maximum absolute atomic E-state index is 12.5. The Bertz CT molecular complexity index is 390. The van der Waals surface area contributed by atoms with Gasteiger partial charge in [0.1, 0.15) is 6.04 Å². The van der Waals surface area contributed by atoms with Gasteiger partial charge in [0.15, 0.2) is 0 Å². The third-order valence-corrected chi connectivity index (χ3v) is 2.82. The second kappa shape index (κ2) is 9.45. The van der Waals surface area contributed by atoms with Crippen LogP contribution in [0.1, 0.15) is 40.5 Å². The number of ketones is 1. The third kappa shape index (κ3) is 8.02. The standard InChI is InChI=1S/C14H24F2N2O4/c1-7(2)5-10(17-8(3)4)13(20)18-9(6-11(15)16)12(19)14(21)22/h7-11,17H,5-6H2,1-4H3,(H,18,20)(H,21,22)/t9?,10-/m0/s1. The van der Waals surface area contributed by atoms with Gasteiger partial charge in [-0.1, -0.05) is 27.7 Å². The molecule has 0 rings (SSSR count). The molecule has 0 aliphatic carbocycles. The van der Waals surface area contributed by atoms with Gasteiger partial charge in [0, 0.05) is 12.5 Å². The Morgan fingerprint density at radius 1 is 1.00 bits per heavy atom. The summed E-state index contributed by atoms with van der Waals surface area (Å²) >= 11 is 0. The van der Waals surface area contributed by atoms with Gasteiger partial charge in [-0.3, -0.25) is 9.59 Å². The second-order valence-electron chi connectivity index (χ2n) is 5.86. The first-order valence-corrected chi connectivity index (χ1v) is 7.16. The van der Waals surface area contributed by atoms with Crippen LogP contribution in [0.2, 0.25) is 0 Å². The van der Waals surface area contributed by atoms with Crippen LogP contribution in [0.5, 0.6) is 0 Å². The second-order valence-corrected chi connectivity index (χ2v) is 5.86. The van der Waals surface area contributed by atoms with E-state index < -0.39 is 42.6 Å². The smallest absolute Gasteiger partial charge is 0.374 e. The maximum atomic E-state index is 12.5. The fourth-order valence-corrected chi connectivity index (χ4v) is 1.96. The molecule has 0 heterocycles. The van der Waals surface area contributed by atoms with Gasteiger partial charge in [-0.25, -0.2) is 13.6 Å². The summed E-state index contributed by atoms with van der Waals surface area (Å²) < 4.78 is 24.9. The summed E-state index contributed by atoms with van der Waals surface area (Å²) in [5.74, 6) is -3.78. The zero-order valence-corrected chi connectivity index (χ0v) is 13.2. The number of carboxylic acids is 1. The van der Waals surface area contributed by atoms with Crippen LogP contribution >= 0.6 is 0 Å². The average molecular weight is 322 g/mol. The molecule has 0 radical (unpaired) electrons. The lowest BCUT2D eigenvalue weighted by Crippen LogP contribution is -2.53. The van der Waals surface area contributed by atoms with Crippen LogP contribution in [0, 0.1) is 5.92 Å². The molecule has 0 aliphatic heterocycles. The van der Waals surface area contributed by atoms with Gasteiger partial charge < -0.3 is 15.7 Å². The number of halogens is 2.